The predicted octanol–water partition coefficient (Wildman–Crippen LogP) is 3.39. The number of rotatable bonds is 6. The number of ether oxygens (including phenoxy) is 2. The molecule has 1 fully saturated rings. The number of benzene rings is 2. The molecule has 1 amide bonds. The second-order valence-electron chi connectivity index (χ2n) is 8.13. The van der Waals surface area contributed by atoms with Gasteiger partial charge in [0.15, 0.2) is 0 Å². The van der Waals surface area contributed by atoms with E-state index in [9.17, 15) is 9.90 Å². The molecular formula is C25H27N3O4. The maximum atomic E-state index is 13.1. The van der Waals surface area contributed by atoms with Gasteiger partial charge in [0.05, 0.1) is 19.3 Å². The van der Waals surface area contributed by atoms with E-state index in [1.54, 1.807) is 18.5 Å². The van der Waals surface area contributed by atoms with Crippen LogP contribution in [0, 0.1) is 13.8 Å². The normalized spacial score (nSPS) is 18.9. The lowest BCUT2D eigenvalue weighted by molar-refractivity contribution is 0.0732. The van der Waals surface area contributed by atoms with Gasteiger partial charge in [0, 0.05) is 23.5 Å². The van der Waals surface area contributed by atoms with Crippen molar-refractivity contribution in [1.29, 1.82) is 0 Å². The number of nitrogens with zero attached hydrogens (tertiary/aromatic N) is 2. The summed E-state index contributed by atoms with van der Waals surface area (Å²) in [4.78, 5) is 21.5. The van der Waals surface area contributed by atoms with Crippen LogP contribution >= 0.6 is 0 Å². The largest absolute Gasteiger partial charge is 0.485 e. The molecule has 166 valence electrons. The Morgan fingerprint density at radius 3 is 2.47 bits per heavy atom. The van der Waals surface area contributed by atoms with E-state index in [1.807, 2.05) is 57.2 Å². The molecule has 0 saturated carbocycles. The van der Waals surface area contributed by atoms with Gasteiger partial charge in [0.1, 0.15) is 23.8 Å². The molecule has 7 nitrogen and oxygen atoms in total. The predicted molar refractivity (Wildman–Crippen MR) is 121 cm³/mol. The van der Waals surface area contributed by atoms with E-state index in [0.29, 0.717) is 23.7 Å². The minimum absolute atomic E-state index is 0.236. The number of carbonyl (C=O) groups is 1. The first-order valence-electron chi connectivity index (χ1n) is 10.6. The van der Waals surface area contributed by atoms with E-state index in [0.717, 1.165) is 22.3 Å². The Balaban J connectivity index is 1.62. The topological polar surface area (TPSA) is 93.6 Å². The summed E-state index contributed by atoms with van der Waals surface area (Å²) in [5, 5.41) is 13.1. The zero-order chi connectivity index (χ0) is 22.7. The molecule has 1 aliphatic heterocycles. The van der Waals surface area contributed by atoms with Crippen molar-refractivity contribution in [3.05, 3.63) is 77.4 Å². The van der Waals surface area contributed by atoms with Gasteiger partial charge in [0.25, 0.3) is 5.91 Å². The summed E-state index contributed by atoms with van der Waals surface area (Å²) >= 11 is 0. The smallest absolute Gasteiger partial charge is 0.251 e. The number of aryl methyl sites for hydroxylation is 2. The molecule has 2 heterocycles. The van der Waals surface area contributed by atoms with Crippen molar-refractivity contribution in [2.45, 2.75) is 39.0 Å². The monoisotopic (exact) mass is 433 g/mol. The number of aliphatic hydroxyl groups is 1. The first-order valence-corrected chi connectivity index (χ1v) is 10.6. The van der Waals surface area contributed by atoms with Crippen molar-refractivity contribution >= 4 is 5.91 Å². The van der Waals surface area contributed by atoms with Crippen LogP contribution in [-0.4, -0.2) is 46.4 Å². The van der Waals surface area contributed by atoms with E-state index >= 15 is 0 Å². The zero-order valence-electron chi connectivity index (χ0n) is 18.4. The van der Waals surface area contributed by atoms with Crippen molar-refractivity contribution < 1.29 is 19.4 Å². The highest BCUT2D eigenvalue weighted by atomic mass is 16.6. The third-order valence-electron chi connectivity index (χ3n) is 5.49. The van der Waals surface area contributed by atoms with Crippen molar-refractivity contribution in [3.63, 3.8) is 0 Å². The number of carbonyl (C=O) groups excluding carboxylic acids is 1. The van der Waals surface area contributed by atoms with Gasteiger partial charge in [-0.2, -0.15) is 0 Å². The Labute approximate surface area is 187 Å². The Bertz CT molecular complexity index is 1080. The quantitative estimate of drug-likeness (QED) is 0.619. The Morgan fingerprint density at radius 1 is 1.09 bits per heavy atom. The average molecular weight is 434 g/mol. The van der Waals surface area contributed by atoms with Crippen LogP contribution in [0.3, 0.4) is 0 Å². The summed E-state index contributed by atoms with van der Waals surface area (Å²) in [6.45, 7) is 6.28. The standard InChI is InChI=1S/C25H27N3O4/c1-15-4-6-18(7-5-15)19-8-20(10-22(9-19)32-24-14-31-13-23(24)29)25(30)28-16(2)21-11-26-17(3)27-12-21/h4-12,16,23-24,29H,13-14H2,1-3H3,(H,28,30)/t16-,23?,24?/m1/s1. The van der Waals surface area contributed by atoms with Crippen molar-refractivity contribution in [2.75, 3.05) is 13.2 Å². The van der Waals surface area contributed by atoms with Crippen LogP contribution in [0.2, 0.25) is 0 Å². The molecule has 7 heteroatoms. The molecule has 3 atom stereocenters. The molecule has 32 heavy (non-hydrogen) atoms. The minimum atomic E-state index is -0.697. The van der Waals surface area contributed by atoms with Gasteiger partial charge in [-0.15, -0.1) is 0 Å². The first kappa shape index (κ1) is 21.9. The van der Waals surface area contributed by atoms with E-state index in [-0.39, 0.29) is 18.6 Å². The van der Waals surface area contributed by atoms with Crippen LogP contribution in [0.15, 0.2) is 54.9 Å². The van der Waals surface area contributed by atoms with Crippen LogP contribution in [0.5, 0.6) is 5.75 Å². The molecule has 0 aliphatic carbocycles. The molecule has 4 rings (SSSR count). The van der Waals surface area contributed by atoms with Crippen LogP contribution in [0.25, 0.3) is 11.1 Å². The third kappa shape index (κ3) is 5.12. The van der Waals surface area contributed by atoms with Crippen molar-refractivity contribution in [3.8, 4) is 16.9 Å². The van der Waals surface area contributed by atoms with Gasteiger partial charge in [-0.3, -0.25) is 4.79 Å². The highest BCUT2D eigenvalue weighted by molar-refractivity contribution is 5.96. The number of hydrogen-bond acceptors (Lipinski definition) is 6. The van der Waals surface area contributed by atoms with Crippen LogP contribution in [-0.2, 0) is 4.74 Å². The molecule has 1 saturated heterocycles. The van der Waals surface area contributed by atoms with Gasteiger partial charge < -0.3 is 19.9 Å². The number of aromatic nitrogens is 2. The maximum absolute atomic E-state index is 13.1. The van der Waals surface area contributed by atoms with Gasteiger partial charge in [-0.25, -0.2) is 9.97 Å². The Morgan fingerprint density at radius 2 is 1.81 bits per heavy atom. The Hall–Kier alpha value is -3.29. The highest BCUT2D eigenvalue weighted by Gasteiger charge is 2.28. The maximum Gasteiger partial charge on any atom is 0.251 e. The third-order valence-corrected chi connectivity index (χ3v) is 5.49. The number of amides is 1. The summed E-state index contributed by atoms with van der Waals surface area (Å²) in [6, 6.07) is 13.2. The minimum Gasteiger partial charge on any atom is -0.485 e. The summed E-state index contributed by atoms with van der Waals surface area (Å²) < 4.78 is 11.3. The second-order valence-corrected chi connectivity index (χ2v) is 8.13. The van der Waals surface area contributed by atoms with Gasteiger partial charge in [-0.05, 0) is 50.1 Å². The van der Waals surface area contributed by atoms with Gasteiger partial charge in [0.2, 0.25) is 0 Å². The zero-order valence-corrected chi connectivity index (χ0v) is 18.4. The number of nitrogens with one attached hydrogen (secondary N) is 1. The van der Waals surface area contributed by atoms with E-state index in [2.05, 4.69) is 15.3 Å². The van der Waals surface area contributed by atoms with E-state index in [4.69, 9.17) is 9.47 Å². The van der Waals surface area contributed by atoms with Crippen molar-refractivity contribution in [2.24, 2.45) is 0 Å². The molecular weight excluding hydrogens is 406 g/mol. The summed E-state index contributed by atoms with van der Waals surface area (Å²) in [6.07, 6.45) is 2.26. The molecule has 0 bridgehead atoms. The van der Waals surface area contributed by atoms with Crippen LogP contribution in [0.1, 0.15) is 40.3 Å². The SMILES string of the molecule is Cc1ccc(-c2cc(OC3COCC3O)cc(C(=O)N[C@H](C)c3cnc(C)nc3)c2)cc1. The lowest BCUT2D eigenvalue weighted by Gasteiger charge is -2.18. The fourth-order valence-corrected chi connectivity index (χ4v) is 3.51. The lowest BCUT2D eigenvalue weighted by Crippen LogP contribution is -2.30. The molecule has 1 aromatic heterocycles. The number of hydrogen-bond donors (Lipinski definition) is 2. The van der Waals surface area contributed by atoms with Crippen molar-refractivity contribution in [1.82, 2.24) is 15.3 Å². The fraction of sp³-hybridized carbons (Fsp3) is 0.320. The number of aliphatic hydroxyl groups excluding tert-OH is 1. The summed E-state index contributed by atoms with van der Waals surface area (Å²) in [5.74, 6) is 0.951. The molecule has 0 radical (unpaired) electrons. The van der Waals surface area contributed by atoms with Crippen LogP contribution in [0.4, 0.5) is 0 Å². The molecule has 2 aromatic carbocycles. The second kappa shape index (κ2) is 9.46. The summed E-state index contributed by atoms with van der Waals surface area (Å²) in [7, 11) is 0. The molecule has 0 spiro atoms. The first-order chi connectivity index (χ1) is 15.4. The van der Waals surface area contributed by atoms with Gasteiger partial charge in [-0.1, -0.05) is 29.8 Å². The molecule has 2 N–H and O–H groups in total. The average Bonchev–Trinajstić information content (AvgIpc) is 3.18. The lowest BCUT2D eigenvalue weighted by atomic mass is 10.0. The Kier molecular flexibility index (Phi) is 6.48. The fourth-order valence-electron chi connectivity index (χ4n) is 3.51. The molecule has 2 unspecified atom stereocenters. The van der Waals surface area contributed by atoms with Crippen LogP contribution < -0.4 is 10.1 Å². The molecule has 3 aromatic rings. The van der Waals surface area contributed by atoms with E-state index < -0.39 is 12.2 Å². The van der Waals surface area contributed by atoms with E-state index in [1.165, 1.54) is 0 Å². The highest BCUT2D eigenvalue weighted by Crippen LogP contribution is 2.28. The van der Waals surface area contributed by atoms with Gasteiger partial charge >= 0.3 is 0 Å². The molecule has 1 aliphatic rings. The summed E-state index contributed by atoms with van der Waals surface area (Å²) in [5.41, 5.74) is 4.26.